The van der Waals surface area contributed by atoms with Gasteiger partial charge in [-0.2, -0.15) is 0 Å². The van der Waals surface area contributed by atoms with Crippen LogP contribution in [0.25, 0.3) is 0 Å². The summed E-state index contributed by atoms with van der Waals surface area (Å²) < 4.78 is 6.08. The first kappa shape index (κ1) is 16.1. The van der Waals surface area contributed by atoms with E-state index in [0.29, 0.717) is 6.61 Å². The van der Waals surface area contributed by atoms with Crippen LogP contribution < -0.4 is 4.74 Å². The molecule has 0 spiro atoms. The predicted molar refractivity (Wildman–Crippen MR) is 95.8 cm³/mol. The zero-order valence-electron chi connectivity index (χ0n) is 14.3. The maximum absolute atomic E-state index is 6.08. The molecule has 2 heteroatoms. The molecule has 0 radical (unpaired) electrons. The summed E-state index contributed by atoms with van der Waals surface area (Å²) in [7, 11) is 0. The number of benzene rings is 2. The zero-order valence-corrected chi connectivity index (χ0v) is 14.3. The van der Waals surface area contributed by atoms with E-state index < -0.39 is 0 Å². The van der Waals surface area contributed by atoms with Crippen LogP contribution in [0.1, 0.15) is 41.5 Å². The van der Waals surface area contributed by atoms with E-state index in [2.05, 4.69) is 61.2 Å². The van der Waals surface area contributed by atoms with Crippen LogP contribution in [0.4, 0.5) is 0 Å². The largest absolute Gasteiger partial charge is 0.488 e. The van der Waals surface area contributed by atoms with Crippen LogP contribution in [-0.2, 0) is 13.2 Å². The summed E-state index contributed by atoms with van der Waals surface area (Å²) in [6, 6.07) is 15.1. The number of aryl methyl sites for hydroxylation is 2. The van der Waals surface area contributed by atoms with Gasteiger partial charge in [-0.15, -0.1) is 0 Å². The Morgan fingerprint density at radius 1 is 0.870 bits per heavy atom. The van der Waals surface area contributed by atoms with Crippen molar-refractivity contribution in [3.05, 3.63) is 64.7 Å². The van der Waals surface area contributed by atoms with Gasteiger partial charge in [0, 0.05) is 6.54 Å². The third-order valence-corrected chi connectivity index (χ3v) is 4.64. The molecule has 3 rings (SSSR count). The van der Waals surface area contributed by atoms with Gasteiger partial charge in [0.2, 0.25) is 0 Å². The maximum Gasteiger partial charge on any atom is 0.125 e. The molecule has 1 saturated heterocycles. The first-order chi connectivity index (χ1) is 11.2. The second-order valence-corrected chi connectivity index (χ2v) is 6.67. The minimum Gasteiger partial charge on any atom is -0.488 e. The monoisotopic (exact) mass is 309 g/mol. The highest BCUT2D eigenvalue weighted by Crippen LogP contribution is 2.23. The Labute approximate surface area is 140 Å². The van der Waals surface area contributed by atoms with Gasteiger partial charge in [0.25, 0.3) is 0 Å². The van der Waals surface area contributed by atoms with Gasteiger partial charge in [0.05, 0.1) is 0 Å². The van der Waals surface area contributed by atoms with E-state index in [9.17, 15) is 0 Å². The van der Waals surface area contributed by atoms with Crippen molar-refractivity contribution in [3.63, 3.8) is 0 Å². The predicted octanol–water partition coefficient (Wildman–Crippen LogP) is 4.87. The van der Waals surface area contributed by atoms with Gasteiger partial charge in [0.15, 0.2) is 0 Å². The number of ether oxygens (including phenoxy) is 1. The molecule has 0 saturated carbocycles. The van der Waals surface area contributed by atoms with Crippen LogP contribution in [0.5, 0.6) is 5.75 Å². The van der Waals surface area contributed by atoms with Gasteiger partial charge in [-0.05, 0) is 62.0 Å². The number of rotatable bonds is 5. The molecule has 2 aromatic rings. The minimum absolute atomic E-state index is 0.638. The molecule has 0 aliphatic carbocycles. The molecule has 23 heavy (non-hydrogen) atoms. The number of hydrogen-bond acceptors (Lipinski definition) is 2. The quantitative estimate of drug-likeness (QED) is 0.781. The Bertz CT molecular complexity index is 624. The fourth-order valence-corrected chi connectivity index (χ4v) is 3.38. The molecule has 0 N–H and O–H groups in total. The van der Waals surface area contributed by atoms with Crippen molar-refractivity contribution in [2.75, 3.05) is 13.1 Å². The fraction of sp³-hybridized carbons (Fsp3) is 0.429. The summed E-state index contributed by atoms with van der Waals surface area (Å²) >= 11 is 0. The average Bonchev–Trinajstić information content (AvgIpc) is 2.56. The van der Waals surface area contributed by atoms with E-state index in [1.807, 2.05) is 0 Å². The number of para-hydroxylation sites is 1. The Hall–Kier alpha value is -1.80. The van der Waals surface area contributed by atoms with Gasteiger partial charge in [-0.25, -0.2) is 0 Å². The lowest BCUT2D eigenvalue weighted by Gasteiger charge is -2.26. The fourth-order valence-electron chi connectivity index (χ4n) is 3.38. The molecule has 2 nitrogen and oxygen atoms in total. The summed E-state index contributed by atoms with van der Waals surface area (Å²) in [4.78, 5) is 2.56. The molecule has 1 fully saturated rings. The van der Waals surface area contributed by atoms with Gasteiger partial charge < -0.3 is 4.74 Å². The molecule has 0 aromatic heterocycles. The smallest absolute Gasteiger partial charge is 0.125 e. The number of hydrogen-bond donors (Lipinski definition) is 0. The van der Waals surface area contributed by atoms with Crippen molar-refractivity contribution < 1.29 is 4.74 Å². The number of nitrogens with zero attached hydrogens (tertiary/aromatic N) is 1. The molecule has 0 bridgehead atoms. The number of likely N-dealkylation sites (tertiary alicyclic amines) is 1. The van der Waals surface area contributed by atoms with E-state index in [1.165, 1.54) is 54.6 Å². The molecular weight excluding hydrogens is 282 g/mol. The van der Waals surface area contributed by atoms with Crippen LogP contribution in [0.3, 0.4) is 0 Å². The van der Waals surface area contributed by atoms with Gasteiger partial charge in [-0.1, -0.05) is 48.9 Å². The molecule has 1 heterocycles. The van der Waals surface area contributed by atoms with Gasteiger partial charge >= 0.3 is 0 Å². The first-order valence-electron chi connectivity index (χ1n) is 8.71. The lowest BCUT2D eigenvalue weighted by molar-refractivity contribution is 0.220. The lowest BCUT2D eigenvalue weighted by atomic mass is 10.1. The van der Waals surface area contributed by atoms with Crippen LogP contribution >= 0.6 is 0 Å². The summed E-state index contributed by atoms with van der Waals surface area (Å²) in [6.45, 7) is 8.40. The van der Waals surface area contributed by atoms with E-state index >= 15 is 0 Å². The van der Waals surface area contributed by atoms with Crippen molar-refractivity contribution in [2.45, 2.75) is 46.3 Å². The Morgan fingerprint density at radius 3 is 2.26 bits per heavy atom. The van der Waals surface area contributed by atoms with Crippen LogP contribution in [0.2, 0.25) is 0 Å². The summed E-state index contributed by atoms with van der Waals surface area (Å²) in [5, 5.41) is 0. The molecule has 2 aromatic carbocycles. The van der Waals surface area contributed by atoms with Gasteiger partial charge in [-0.3, -0.25) is 4.90 Å². The Kier molecular flexibility index (Phi) is 5.35. The lowest BCUT2D eigenvalue weighted by Crippen LogP contribution is -2.29. The molecule has 0 unspecified atom stereocenters. The van der Waals surface area contributed by atoms with E-state index in [0.717, 1.165) is 12.3 Å². The van der Waals surface area contributed by atoms with E-state index in [4.69, 9.17) is 4.74 Å². The van der Waals surface area contributed by atoms with Crippen LogP contribution in [-0.4, -0.2) is 18.0 Å². The first-order valence-corrected chi connectivity index (χ1v) is 8.71. The summed E-state index contributed by atoms with van der Waals surface area (Å²) in [6.07, 6.45) is 4.07. The van der Waals surface area contributed by atoms with Crippen molar-refractivity contribution in [3.8, 4) is 5.75 Å². The third-order valence-electron chi connectivity index (χ3n) is 4.64. The molecule has 1 aliphatic heterocycles. The van der Waals surface area contributed by atoms with E-state index in [1.54, 1.807) is 0 Å². The molecule has 1 aliphatic rings. The average molecular weight is 309 g/mol. The van der Waals surface area contributed by atoms with Crippen molar-refractivity contribution in [1.82, 2.24) is 4.90 Å². The highest BCUT2D eigenvalue weighted by atomic mass is 16.5. The standard InChI is InChI=1S/C21H27NO/c1-17-8-6-9-18(2)21(17)23-16-20-11-7-10-19(14-20)15-22-12-4-3-5-13-22/h6-11,14H,3-5,12-13,15-16H2,1-2H3. The highest BCUT2D eigenvalue weighted by Gasteiger charge is 2.10. The molecule has 0 atom stereocenters. The van der Waals surface area contributed by atoms with Crippen LogP contribution in [0, 0.1) is 13.8 Å². The minimum atomic E-state index is 0.638. The van der Waals surface area contributed by atoms with Crippen molar-refractivity contribution in [2.24, 2.45) is 0 Å². The zero-order chi connectivity index (χ0) is 16.1. The molecular formula is C21H27NO. The Balaban J connectivity index is 1.63. The number of piperidine rings is 1. The Morgan fingerprint density at radius 2 is 1.52 bits per heavy atom. The van der Waals surface area contributed by atoms with Gasteiger partial charge in [0.1, 0.15) is 12.4 Å². The van der Waals surface area contributed by atoms with Crippen molar-refractivity contribution in [1.29, 1.82) is 0 Å². The van der Waals surface area contributed by atoms with Crippen molar-refractivity contribution >= 4 is 0 Å². The molecule has 0 amide bonds. The van der Waals surface area contributed by atoms with Crippen LogP contribution in [0.15, 0.2) is 42.5 Å². The summed E-state index contributed by atoms with van der Waals surface area (Å²) in [5.74, 6) is 1.02. The summed E-state index contributed by atoms with van der Waals surface area (Å²) in [5.41, 5.74) is 5.06. The normalized spacial score (nSPS) is 15.6. The maximum atomic E-state index is 6.08. The van der Waals surface area contributed by atoms with E-state index in [-0.39, 0.29) is 0 Å². The molecule has 122 valence electrons. The highest BCUT2D eigenvalue weighted by molar-refractivity contribution is 5.40. The second kappa shape index (κ2) is 7.65. The second-order valence-electron chi connectivity index (χ2n) is 6.67. The topological polar surface area (TPSA) is 12.5 Å². The third kappa shape index (κ3) is 4.35. The SMILES string of the molecule is Cc1cccc(C)c1OCc1cccc(CN2CCCCC2)c1.